The Bertz CT molecular complexity index is 70.0. The average Bonchev–Trinajstić information content (AvgIpc) is 2.05. The normalized spacial score (nSPS) is 13.4. The number of hydrogen-bond acceptors (Lipinski definition) is 2. The van der Waals surface area contributed by atoms with Crippen LogP contribution in [0.1, 0.15) is 26.2 Å². The van der Waals surface area contributed by atoms with Crippen molar-refractivity contribution in [2.45, 2.75) is 31.4 Å². The van der Waals surface area contributed by atoms with Crippen LogP contribution in [0.4, 0.5) is 0 Å². The summed E-state index contributed by atoms with van der Waals surface area (Å²) in [5.41, 5.74) is 0. The maximum absolute atomic E-state index is 3.93. The summed E-state index contributed by atoms with van der Waals surface area (Å²) < 4.78 is 0. The van der Waals surface area contributed by atoms with Crippen molar-refractivity contribution in [1.82, 2.24) is 0 Å². The molecule has 0 aliphatic heterocycles. The van der Waals surface area contributed by atoms with Crippen LogP contribution >= 0.6 is 23.5 Å². The average molecular weight is 191 g/mol. The molecule has 0 N–H and O–H groups in total. The Morgan fingerprint density at radius 2 is 2.09 bits per heavy atom. The van der Waals surface area contributed by atoms with E-state index in [1.807, 2.05) is 11.8 Å². The predicted octanol–water partition coefficient (Wildman–Crippen LogP) is 3.48. The maximum atomic E-state index is 3.93. The van der Waals surface area contributed by atoms with E-state index in [9.17, 15) is 0 Å². The van der Waals surface area contributed by atoms with E-state index in [2.05, 4.69) is 31.9 Å². The molecule has 1 unspecified atom stereocenters. The first-order valence-corrected chi connectivity index (χ1v) is 6.69. The number of hydrogen-bond donors (Lipinski definition) is 0. The Morgan fingerprint density at radius 3 is 2.55 bits per heavy atom. The SMILES string of the molecule is [CH2]CC(CCSCCC)SC. The van der Waals surface area contributed by atoms with Gasteiger partial charge >= 0.3 is 0 Å². The fraction of sp³-hybridized carbons (Fsp3) is 0.889. The largest absolute Gasteiger partial charge is 0.162 e. The van der Waals surface area contributed by atoms with Gasteiger partial charge in [-0.3, -0.25) is 0 Å². The van der Waals surface area contributed by atoms with E-state index in [1.54, 1.807) is 0 Å². The first-order chi connectivity index (χ1) is 5.35. The van der Waals surface area contributed by atoms with E-state index in [0.29, 0.717) is 0 Å². The molecule has 0 nitrogen and oxygen atoms in total. The van der Waals surface area contributed by atoms with Gasteiger partial charge in [-0.05, 0) is 37.0 Å². The summed E-state index contributed by atoms with van der Waals surface area (Å²) in [7, 11) is 0. The molecule has 0 aliphatic carbocycles. The lowest BCUT2D eigenvalue weighted by Crippen LogP contribution is -2.01. The van der Waals surface area contributed by atoms with Crippen LogP contribution in [0.25, 0.3) is 0 Å². The van der Waals surface area contributed by atoms with Crippen LogP contribution in [0.15, 0.2) is 0 Å². The van der Waals surface area contributed by atoms with Crippen molar-refractivity contribution in [3.8, 4) is 0 Å². The second kappa shape index (κ2) is 8.79. The molecule has 0 heterocycles. The molecule has 0 aliphatic rings. The fourth-order valence-corrected chi connectivity index (χ4v) is 2.52. The topological polar surface area (TPSA) is 0 Å². The lowest BCUT2D eigenvalue weighted by Gasteiger charge is -2.10. The van der Waals surface area contributed by atoms with Crippen LogP contribution < -0.4 is 0 Å². The van der Waals surface area contributed by atoms with E-state index in [4.69, 9.17) is 0 Å². The monoisotopic (exact) mass is 191 g/mol. The number of thioether (sulfide) groups is 2. The van der Waals surface area contributed by atoms with Crippen LogP contribution in [0.3, 0.4) is 0 Å². The molecule has 0 aromatic rings. The summed E-state index contributed by atoms with van der Waals surface area (Å²) in [6.45, 7) is 6.16. The maximum Gasteiger partial charge on any atom is 0.00521 e. The second-order valence-electron chi connectivity index (χ2n) is 2.55. The molecule has 0 saturated heterocycles. The summed E-state index contributed by atoms with van der Waals surface area (Å²) in [4.78, 5) is 0. The fourth-order valence-electron chi connectivity index (χ4n) is 0.841. The van der Waals surface area contributed by atoms with Crippen molar-refractivity contribution >= 4 is 23.5 Å². The quantitative estimate of drug-likeness (QED) is 0.565. The van der Waals surface area contributed by atoms with Crippen molar-refractivity contribution in [2.24, 2.45) is 0 Å². The molecule has 2 heteroatoms. The molecule has 11 heavy (non-hydrogen) atoms. The number of rotatable bonds is 7. The van der Waals surface area contributed by atoms with Gasteiger partial charge in [0, 0.05) is 5.25 Å². The van der Waals surface area contributed by atoms with E-state index >= 15 is 0 Å². The summed E-state index contributed by atoms with van der Waals surface area (Å²) >= 11 is 4.02. The first kappa shape index (κ1) is 11.7. The third kappa shape index (κ3) is 7.07. The predicted molar refractivity (Wildman–Crippen MR) is 59.5 cm³/mol. The molecular formula is C9H19S2. The van der Waals surface area contributed by atoms with Gasteiger partial charge < -0.3 is 0 Å². The molecular weight excluding hydrogens is 172 g/mol. The first-order valence-electron chi connectivity index (χ1n) is 4.24. The second-order valence-corrected chi connectivity index (χ2v) is 4.91. The molecule has 0 amide bonds. The van der Waals surface area contributed by atoms with Crippen LogP contribution in [0, 0.1) is 6.92 Å². The Balaban J connectivity index is 3.07. The zero-order valence-electron chi connectivity index (χ0n) is 7.64. The lowest BCUT2D eigenvalue weighted by atomic mass is 10.3. The minimum absolute atomic E-state index is 0.791. The minimum atomic E-state index is 0.791. The zero-order valence-corrected chi connectivity index (χ0v) is 9.27. The summed E-state index contributed by atoms with van der Waals surface area (Å²) in [6, 6.07) is 0. The Kier molecular flexibility index (Phi) is 9.35. The van der Waals surface area contributed by atoms with Crippen molar-refractivity contribution in [1.29, 1.82) is 0 Å². The molecule has 1 radical (unpaired) electrons. The Hall–Kier alpha value is 0.700. The highest BCUT2D eigenvalue weighted by Gasteiger charge is 2.02. The molecule has 0 saturated carbocycles. The van der Waals surface area contributed by atoms with Gasteiger partial charge in [-0.2, -0.15) is 23.5 Å². The molecule has 1 atom stereocenters. The summed E-state index contributed by atoms with van der Waals surface area (Å²) in [5, 5.41) is 0.791. The van der Waals surface area contributed by atoms with Crippen molar-refractivity contribution in [3.63, 3.8) is 0 Å². The van der Waals surface area contributed by atoms with Gasteiger partial charge in [0.25, 0.3) is 0 Å². The van der Waals surface area contributed by atoms with Crippen LogP contribution in [0.5, 0.6) is 0 Å². The summed E-state index contributed by atoms with van der Waals surface area (Å²) in [6.07, 6.45) is 5.89. The van der Waals surface area contributed by atoms with Gasteiger partial charge in [0.15, 0.2) is 0 Å². The van der Waals surface area contributed by atoms with Gasteiger partial charge in [-0.25, -0.2) is 0 Å². The van der Waals surface area contributed by atoms with Gasteiger partial charge in [-0.1, -0.05) is 13.8 Å². The molecule has 0 fully saturated rings. The lowest BCUT2D eigenvalue weighted by molar-refractivity contribution is 0.844. The highest BCUT2D eigenvalue weighted by Crippen LogP contribution is 2.17. The van der Waals surface area contributed by atoms with E-state index in [-0.39, 0.29) is 0 Å². The minimum Gasteiger partial charge on any atom is -0.162 e. The standard InChI is InChI=1S/C9H19S2/c1-4-7-11-8-6-9(5-2)10-3/h9H,2,4-8H2,1,3H3. The Morgan fingerprint density at radius 1 is 1.36 bits per heavy atom. The smallest absolute Gasteiger partial charge is 0.00521 e. The van der Waals surface area contributed by atoms with Gasteiger partial charge in [0.2, 0.25) is 0 Å². The molecule has 0 bridgehead atoms. The molecule has 0 spiro atoms. The highest BCUT2D eigenvalue weighted by molar-refractivity contribution is 8.00. The van der Waals surface area contributed by atoms with E-state index < -0.39 is 0 Å². The molecule has 67 valence electrons. The molecule has 0 aromatic heterocycles. The zero-order chi connectivity index (χ0) is 8.53. The third-order valence-corrected chi connectivity index (χ3v) is 3.95. The van der Waals surface area contributed by atoms with Gasteiger partial charge in [0.1, 0.15) is 0 Å². The van der Waals surface area contributed by atoms with Gasteiger partial charge in [0.05, 0.1) is 0 Å². The van der Waals surface area contributed by atoms with E-state index in [0.717, 1.165) is 11.7 Å². The van der Waals surface area contributed by atoms with E-state index in [1.165, 1.54) is 24.3 Å². The summed E-state index contributed by atoms with van der Waals surface area (Å²) in [5.74, 6) is 2.63. The van der Waals surface area contributed by atoms with Crippen LogP contribution in [0.2, 0.25) is 0 Å². The van der Waals surface area contributed by atoms with Gasteiger partial charge in [-0.15, -0.1) is 0 Å². The van der Waals surface area contributed by atoms with Crippen molar-refractivity contribution in [3.05, 3.63) is 6.92 Å². The van der Waals surface area contributed by atoms with Crippen molar-refractivity contribution < 1.29 is 0 Å². The molecule has 0 aromatic carbocycles. The third-order valence-electron chi connectivity index (χ3n) is 1.59. The highest BCUT2D eigenvalue weighted by atomic mass is 32.2. The van der Waals surface area contributed by atoms with Crippen molar-refractivity contribution in [2.75, 3.05) is 17.8 Å². The van der Waals surface area contributed by atoms with Crippen LogP contribution in [-0.2, 0) is 0 Å². The Labute approximate surface area is 79.9 Å². The molecule has 0 rings (SSSR count). The van der Waals surface area contributed by atoms with Crippen LogP contribution in [-0.4, -0.2) is 23.0 Å².